The highest BCUT2D eigenvalue weighted by Gasteiger charge is 2.27. The van der Waals surface area contributed by atoms with Crippen molar-refractivity contribution in [2.24, 2.45) is 0 Å². The van der Waals surface area contributed by atoms with Gasteiger partial charge in [0.15, 0.2) is 0 Å². The molecular weight excluding hydrogens is 246 g/mol. The Balaban J connectivity index is 1.73. The zero-order valence-corrected chi connectivity index (χ0v) is 11.9. The summed E-state index contributed by atoms with van der Waals surface area (Å²) < 4.78 is 5.90. The molecule has 2 heteroatoms. The van der Waals surface area contributed by atoms with Gasteiger partial charge in [-0.15, -0.1) is 0 Å². The smallest absolute Gasteiger partial charge is 0.127 e. The number of ether oxygens (including phenoxy) is 1. The number of hydrogen-bond donors (Lipinski definition) is 1. The van der Waals surface area contributed by atoms with E-state index in [4.69, 9.17) is 4.74 Å². The lowest BCUT2D eigenvalue weighted by Crippen LogP contribution is -2.38. The molecule has 0 aliphatic carbocycles. The van der Waals surface area contributed by atoms with Crippen LogP contribution in [0.2, 0.25) is 0 Å². The van der Waals surface area contributed by atoms with E-state index >= 15 is 0 Å². The van der Waals surface area contributed by atoms with Crippen molar-refractivity contribution in [2.45, 2.75) is 31.7 Å². The SMILES string of the molecule is CC1(Cc2cccc(Oc3ccccc3)c2)CCCN1. The first kappa shape index (κ1) is 13.2. The van der Waals surface area contributed by atoms with E-state index in [0.717, 1.165) is 24.5 Å². The molecule has 1 aliphatic heterocycles. The molecule has 1 N–H and O–H groups in total. The van der Waals surface area contributed by atoms with Gasteiger partial charge in [-0.1, -0.05) is 30.3 Å². The lowest BCUT2D eigenvalue weighted by atomic mass is 9.91. The second-order valence-corrected chi connectivity index (χ2v) is 5.83. The zero-order valence-electron chi connectivity index (χ0n) is 11.9. The van der Waals surface area contributed by atoms with Gasteiger partial charge < -0.3 is 10.1 Å². The number of para-hydroxylation sites is 1. The van der Waals surface area contributed by atoms with Crippen LogP contribution >= 0.6 is 0 Å². The standard InChI is InChI=1S/C18H21NO/c1-18(11-6-12-19-18)14-15-7-5-10-17(13-15)20-16-8-3-2-4-9-16/h2-5,7-10,13,19H,6,11-12,14H2,1H3. The number of hydrogen-bond acceptors (Lipinski definition) is 2. The van der Waals surface area contributed by atoms with Crippen molar-refractivity contribution in [3.05, 3.63) is 60.2 Å². The Morgan fingerprint density at radius 1 is 1.05 bits per heavy atom. The van der Waals surface area contributed by atoms with Crippen LogP contribution in [0.5, 0.6) is 11.5 Å². The molecule has 1 saturated heterocycles. The lowest BCUT2D eigenvalue weighted by molar-refractivity contribution is 0.411. The molecule has 0 amide bonds. The molecule has 0 bridgehead atoms. The van der Waals surface area contributed by atoms with Crippen molar-refractivity contribution >= 4 is 0 Å². The molecule has 1 atom stereocenters. The van der Waals surface area contributed by atoms with Crippen molar-refractivity contribution in [3.63, 3.8) is 0 Å². The molecule has 0 aromatic heterocycles. The van der Waals surface area contributed by atoms with E-state index in [1.54, 1.807) is 0 Å². The van der Waals surface area contributed by atoms with Crippen LogP contribution in [0.25, 0.3) is 0 Å². The second kappa shape index (κ2) is 5.68. The van der Waals surface area contributed by atoms with E-state index in [9.17, 15) is 0 Å². The van der Waals surface area contributed by atoms with E-state index < -0.39 is 0 Å². The third-order valence-electron chi connectivity index (χ3n) is 3.93. The van der Waals surface area contributed by atoms with Crippen molar-refractivity contribution < 1.29 is 4.74 Å². The van der Waals surface area contributed by atoms with Crippen molar-refractivity contribution in [1.82, 2.24) is 5.32 Å². The molecular formula is C18H21NO. The van der Waals surface area contributed by atoms with Gasteiger partial charge in [0.05, 0.1) is 0 Å². The van der Waals surface area contributed by atoms with Gasteiger partial charge in [0.1, 0.15) is 11.5 Å². The summed E-state index contributed by atoms with van der Waals surface area (Å²) in [4.78, 5) is 0. The molecule has 2 aromatic carbocycles. The van der Waals surface area contributed by atoms with Crippen LogP contribution in [0.4, 0.5) is 0 Å². The van der Waals surface area contributed by atoms with E-state index in [2.05, 4.69) is 30.4 Å². The summed E-state index contributed by atoms with van der Waals surface area (Å²) in [5, 5.41) is 3.61. The highest BCUT2D eigenvalue weighted by atomic mass is 16.5. The Bertz CT molecular complexity index is 559. The van der Waals surface area contributed by atoms with Crippen LogP contribution < -0.4 is 10.1 Å². The predicted octanol–water partition coefficient (Wildman–Crippen LogP) is 4.16. The molecule has 1 heterocycles. The maximum atomic E-state index is 5.90. The van der Waals surface area contributed by atoms with E-state index in [1.165, 1.54) is 18.4 Å². The second-order valence-electron chi connectivity index (χ2n) is 5.83. The Hall–Kier alpha value is -1.80. The van der Waals surface area contributed by atoms with E-state index in [0.29, 0.717) is 0 Å². The van der Waals surface area contributed by atoms with Crippen LogP contribution in [0, 0.1) is 0 Å². The Kier molecular flexibility index (Phi) is 3.75. The van der Waals surface area contributed by atoms with Gasteiger partial charge in [-0.3, -0.25) is 0 Å². The first-order valence-electron chi connectivity index (χ1n) is 7.30. The first-order valence-corrected chi connectivity index (χ1v) is 7.30. The highest BCUT2D eigenvalue weighted by Crippen LogP contribution is 2.27. The molecule has 20 heavy (non-hydrogen) atoms. The van der Waals surface area contributed by atoms with Gasteiger partial charge in [0.2, 0.25) is 0 Å². The molecule has 1 aliphatic rings. The predicted molar refractivity (Wildman–Crippen MR) is 82.3 cm³/mol. The molecule has 1 fully saturated rings. The third kappa shape index (κ3) is 3.20. The molecule has 1 unspecified atom stereocenters. The van der Waals surface area contributed by atoms with Crippen molar-refractivity contribution in [3.8, 4) is 11.5 Å². The summed E-state index contributed by atoms with van der Waals surface area (Å²) >= 11 is 0. The average Bonchev–Trinajstić information content (AvgIpc) is 2.87. The Labute approximate surface area is 120 Å². The average molecular weight is 267 g/mol. The van der Waals surface area contributed by atoms with Gasteiger partial charge in [0.25, 0.3) is 0 Å². The van der Waals surface area contributed by atoms with Gasteiger partial charge in [0, 0.05) is 5.54 Å². The van der Waals surface area contributed by atoms with Gasteiger partial charge in [-0.2, -0.15) is 0 Å². The Morgan fingerprint density at radius 3 is 2.60 bits per heavy atom. The summed E-state index contributed by atoms with van der Waals surface area (Å²) in [5.41, 5.74) is 1.57. The van der Waals surface area contributed by atoms with Gasteiger partial charge >= 0.3 is 0 Å². The van der Waals surface area contributed by atoms with Crippen LogP contribution in [0.3, 0.4) is 0 Å². The molecule has 2 nitrogen and oxygen atoms in total. The number of rotatable bonds is 4. The first-order chi connectivity index (χ1) is 9.73. The summed E-state index contributed by atoms with van der Waals surface area (Å²) in [7, 11) is 0. The monoisotopic (exact) mass is 267 g/mol. The molecule has 104 valence electrons. The van der Waals surface area contributed by atoms with Gasteiger partial charge in [-0.25, -0.2) is 0 Å². The minimum atomic E-state index is 0.241. The normalized spacial score (nSPS) is 21.9. The van der Waals surface area contributed by atoms with Crippen molar-refractivity contribution in [2.75, 3.05) is 6.54 Å². The van der Waals surface area contributed by atoms with Gasteiger partial charge in [-0.05, 0) is 62.6 Å². The molecule has 2 aromatic rings. The highest BCUT2D eigenvalue weighted by molar-refractivity contribution is 5.34. The molecule has 0 saturated carbocycles. The largest absolute Gasteiger partial charge is 0.457 e. The maximum absolute atomic E-state index is 5.90. The molecule has 3 rings (SSSR count). The van der Waals surface area contributed by atoms with Crippen molar-refractivity contribution in [1.29, 1.82) is 0 Å². The van der Waals surface area contributed by atoms with E-state index in [1.807, 2.05) is 36.4 Å². The summed E-state index contributed by atoms with van der Waals surface area (Å²) in [5.74, 6) is 1.80. The fourth-order valence-corrected chi connectivity index (χ4v) is 2.90. The molecule has 0 radical (unpaired) electrons. The maximum Gasteiger partial charge on any atom is 0.127 e. The third-order valence-corrected chi connectivity index (χ3v) is 3.93. The quantitative estimate of drug-likeness (QED) is 0.898. The zero-order chi connectivity index (χ0) is 13.8. The fourth-order valence-electron chi connectivity index (χ4n) is 2.90. The Morgan fingerprint density at radius 2 is 1.85 bits per heavy atom. The molecule has 0 spiro atoms. The topological polar surface area (TPSA) is 21.3 Å². The minimum absolute atomic E-state index is 0.241. The fraction of sp³-hybridized carbons (Fsp3) is 0.333. The van der Waals surface area contributed by atoms with Crippen LogP contribution in [0.1, 0.15) is 25.3 Å². The minimum Gasteiger partial charge on any atom is -0.457 e. The van der Waals surface area contributed by atoms with Crippen LogP contribution in [-0.4, -0.2) is 12.1 Å². The van der Waals surface area contributed by atoms with E-state index in [-0.39, 0.29) is 5.54 Å². The lowest BCUT2D eigenvalue weighted by Gasteiger charge is -2.24. The summed E-state index contributed by atoms with van der Waals surface area (Å²) in [6.45, 7) is 3.45. The summed E-state index contributed by atoms with van der Waals surface area (Å²) in [6, 6.07) is 18.4. The number of benzene rings is 2. The van der Waals surface area contributed by atoms with Crippen LogP contribution in [0.15, 0.2) is 54.6 Å². The summed E-state index contributed by atoms with van der Waals surface area (Å²) in [6.07, 6.45) is 3.58. The van der Waals surface area contributed by atoms with Crippen LogP contribution in [-0.2, 0) is 6.42 Å². The number of nitrogens with one attached hydrogen (secondary N) is 1.